The summed E-state index contributed by atoms with van der Waals surface area (Å²) < 4.78 is 0.757. The number of benzene rings is 4. The predicted molar refractivity (Wildman–Crippen MR) is 202 cm³/mol. The van der Waals surface area contributed by atoms with E-state index in [1.54, 1.807) is 0 Å². The molecule has 4 fully saturated rings. The van der Waals surface area contributed by atoms with E-state index in [9.17, 15) is 10.2 Å². The molecule has 2 nitrogen and oxygen atoms in total. The zero-order valence-electron chi connectivity index (χ0n) is 26.8. The van der Waals surface area contributed by atoms with Gasteiger partial charge in [0.2, 0.25) is 0 Å². The number of phenols is 2. The van der Waals surface area contributed by atoms with Crippen LogP contribution in [0.3, 0.4) is 0 Å². The van der Waals surface area contributed by atoms with Gasteiger partial charge in [-0.3, -0.25) is 0 Å². The van der Waals surface area contributed by atoms with Crippen molar-refractivity contribution in [3.8, 4) is 22.6 Å². The van der Waals surface area contributed by atoms with Crippen molar-refractivity contribution in [2.75, 3.05) is 23.0 Å². The Balaban J connectivity index is 1.12. The van der Waals surface area contributed by atoms with Crippen LogP contribution in [0.15, 0.2) is 48.5 Å². The second-order valence-corrected chi connectivity index (χ2v) is 21.4. The summed E-state index contributed by atoms with van der Waals surface area (Å²) in [6.45, 7) is 5.17. The Morgan fingerprint density at radius 3 is 1.33 bits per heavy atom. The molecule has 2 aliphatic heterocycles. The summed E-state index contributed by atoms with van der Waals surface area (Å²) >= 11 is 8.95. The average Bonchev–Trinajstić information content (AvgIpc) is 3.86. The standard InChI is InChI=1S/C40H42O2S4/c1-37-15-11-25-23-7-9-33(41)35(29(23)5-3-27(25)31(37)13-17-39(37)43-19-20-44-39)36-30-6-4-28-26(24(30)8-10-34(36)42)12-16-38(2)32(28)14-18-40(38)45-21-22-46-40/h3-10,31-32,41-42H,11-22H2,1-2H3/t31-,32-,37+,38+/m1/s1. The summed E-state index contributed by atoms with van der Waals surface area (Å²) in [4.78, 5) is 0. The van der Waals surface area contributed by atoms with E-state index < -0.39 is 0 Å². The molecule has 6 heteroatoms. The summed E-state index contributed by atoms with van der Waals surface area (Å²) in [5.74, 6) is 6.85. The summed E-state index contributed by atoms with van der Waals surface area (Å²) in [6.07, 6.45) is 9.79. The summed E-state index contributed by atoms with van der Waals surface area (Å²) in [5, 5.41) is 27.8. The van der Waals surface area contributed by atoms with E-state index in [1.165, 1.54) is 94.6 Å². The zero-order valence-corrected chi connectivity index (χ0v) is 30.1. The van der Waals surface area contributed by atoms with Crippen molar-refractivity contribution < 1.29 is 10.2 Å². The van der Waals surface area contributed by atoms with Gasteiger partial charge in [-0.15, -0.1) is 47.0 Å². The first-order valence-electron chi connectivity index (χ1n) is 17.4. The molecule has 46 heavy (non-hydrogen) atoms. The molecular formula is C40H42O2S4. The first-order chi connectivity index (χ1) is 22.3. The van der Waals surface area contributed by atoms with Gasteiger partial charge in [0.15, 0.2) is 0 Å². The van der Waals surface area contributed by atoms with Crippen LogP contribution in [0.4, 0.5) is 0 Å². The number of aromatic hydroxyl groups is 2. The van der Waals surface area contributed by atoms with Crippen molar-refractivity contribution >= 4 is 68.6 Å². The Morgan fingerprint density at radius 2 is 0.913 bits per heavy atom. The number of rotatable bonds is 1. The van der Waals surface area contributed by atoms with Crippen molar-refractivity contribution in [2.45, 2.75) is 85.2 Å². The number of fused-ring (bicyclic) bond motifs is 12. The highest BCUT2D eigenvalue weighted by molar-refractivity contribution is 8.21. The monoisotopic (exact) mass is 682 g/mol. The van der Waals surface area contributed by atoms with Gasteiger partial charge in [-0.1, -0.05) is 50.2 Å². The fourth-order valence-electron chi connectivity index (χ4n) is 11.4. The van der Waals surface area contributed by atoms with Crippen LogP contribution < -0.4 is 0 Å². The number of thioether (sulfide) groups is 4. The molecule has 2 saturated heterocycles. The summed E-state index contributed by atoms with van der Waals surface area (Å²) in [6, 6.07) is 17.4. The lowest BCUT2D eigenvalue weighted by atomic mass is 9.65. The van der Waals surface area contributed by atoms with E-state index in [-0.39, 0.29) is 11.5 Å². The fraction of sp³-hybridized carbons (Fsp3) is 0.500. The SMILES string of the molecule is C[C@]12CCc3c(ccc4c(-c5c(O)ccc6c7c(ccc56)[C@H]5CCC6(SCCS6)[C@@]5(C)CC7)c(O)ccc34)[C@H]1CCC21SCCS1. The second kappa shape index (κ2) is 9.98. The van der Waals surface area contributed by atoms with Crippen LogP contribution in [-0.4, -0.2) is 41.4 Å². The highest BCUT2D eigenvalue weighted by Crippen LogP contribution is 2.72. The van der Waals surface area contributed by atoms with Crippen LogP contribution in [0, 0.1) is 10.8 Å². The summed E-state index contributed by atoms with van der Waals surface area (Å²) in [5.41, 5.74) is 8.26. The lowest BCUT2D eigenvalue weighted by molar-refractivity contribution is 0.247. The molecule has 4 aromatic rings. The smallest absolute Gasteiger partial charge is 0.124 e. The van der Waals surface area contributed by atoms with Gasteiger partial charge in [0.05, 0.1) is 8.16 Å². The van der Waals surface area contributed by atoms with Crippen LogP contribution in [0.2, 0.25) is 0 Å². The molecule has 4 aromatic carbocycles. The first kappa shape index (κ1) is 29.3. The molecule has 0 radical (unpaired) electrons. The van der Waals surface area contributed by atoms with Gasteiger partial charge in [-0.25, -0.2) is 0 Å². The van der Waals surface area contributed by atoms with E-state index in [0.29, 0.717) is 30.8 Å². The van der Waals surface area contributed by atoms with Gasteiger partial charge in [0, 0.05) is 34.1 Å². The molecule has 2 saturated carbocycles. The van der Waals surface area contributed by atoms with E-state index >= 15 is 0 Å². The van der Waals surface area contributed by atoms with Crippen LogP contribution in [-0.2, 0) is 12.8 Å². The number of phenolic OH excluding ortho intramolecular Hbond substituents is 2. The normalized spacial score (nSPS) is 31.9. The Morgan fingerprint density at radius 1 is 0.522 bits per heavy atom. The van der Waals surface area contributed by atoms with Gasteiger partial charge in [-0.2, -0.15) is 0 Å². The largest absolute Gasteiger partial charge is 0.507 e. The number of hydrogen-bond acceptors (Lipinski definition) is 6. The van der Waals surface area contributed by atoms with Crippen LogP contribution in [0.1, 0.15) is 86.5 Å². The fourth-order valence-corrected chi connectivity index (χ4v) is 19.1. The van der Waals surface area contributed by atoms with Crippen molar-refractivity contribution in [2.24, 2.45) is 10.8 Å². The van der Waals surface area contributed by atoms with Crippen LogP contribution in [0.25, 0.3) is 32.7 Å². The van der Waals surface area contributed by atoms with E-state index in [1.807, 2.05) is 12.1 Å². The average molecular weight is 683 g/mol. The molecule has 2 heterocycles. The van der Waals surface area contributed by atoms with Crippen molar-refractivity contribution in [3.05, 3.63) is 70.8 Å². The van der Waals surface area contributed by atoms with Crippen molar-refractivity contribution in [3.63, 3.8) is 0 Å². The third-order valence-electron chi connectivity index (χ3n) is 13.8. The highest BCUT2D eigenvalue weighted by atomic mass is 32.2. The van der Waals surface area contributed by atoms with Gasteiger partial charge in [-0.05, 0) is 130 Å². The topological polar surface area (TPSA) is 40.5 Å². The molecular weight excluding hydrogens is 641 g/mol. The molecule has 4 atom stereocenters. The maximum atomic E-state index is 11.6. The molecule has 4 aliphatic carbocycles. The molecule has 0 bridgehead atoms. The van der Waals surface area contributed by atoms with E-state index in [2.05, 4.69) is 97.3 Å². The molecule has 2 spiro atoms. The minimum atomic E-state index is 0.257. The Labute approximate surface area is 289 Å². The van der Waals surface area contributed by atoms with Gasteiger partial charge >= 0.3 is 0 Å². The van der Waals surface area contributed by atoms with E-state index in [0.717, 1.165) is 34.7 Å². The minimum Gasteiger partial charge on any atom is -0.507 e. The lowest BCUT2D eigenvalue weighted by Crippen LogP contribution is -2.40. The Bertz CT molecular complexity index is 1820. The summed E-state index contributed by atoms with van der Waals surface area (Å²) in [7, 11) is 0. The number of hydrogen-bond donors (Lipinski definition) is 2. The Hall–Kier alpha value is -1.60. The Kier molecular flexibility index (Phi) is 6.37. The maximum absolute atomic E-state index is 11.6. The van der Waals surface area contributed by atoms with Gasteiger partial charge in [0.25, 0.3) is 0 Å². The predicted octanol–water partition coefficient (Wildman–Crippen LogP) is 11.1. The first-order valence-corrected chi connectivity index (χ1v) is 21.3. The highest BCUT2D eigenvalue weighted by Gasteiger charge is 2.62. The molecule has 0 aromatic heterocycles. The molecule has 2 N–H and O–H groups in total. The third-order valence-corrected chi connectivity index (χ3v) is 21.9. The maximum Gasteiger partial charge on any atom is 0.124 e. The van der Waals surface area contributed by atoms with Crippen molar-refractivity contribution in [1.82, 2.24) is 0 Å². The van der Waals surface area contributed by atoms with Gasteiger partial charge < -0.3 is 10.2 Å². The van der Waals surface area contributed by atoms with Gasteiger partial charge in [0.1, 0.15) is 11.5 Å². The molecule has 238 valence electrons. The van der Waals surface area contributed by atoms with Crippen molar-refractivity contribution in [1.29, 1.82) is 0 Å². The molecule has 6 aliphatic rings. The zero-order chi connectivity index (χ0) is 31.1. The molecule has 10 rings (SSSR count). The van der Waals surface area contributed by atoms with E-state index in [4.69, 9.17) is 0 Å². The lowest BCUT2D eigenvalue weighted by Gasteiger charge is -2.47. The molecule has 0 unspecified atom stereocenters. The quantitative estimate of drug-likeness (QED) is 0.208. The third kappa shape index (κ3) is 3.58. The van der Waals surface area contributed by atoms with Crippen LogP contribution in [0.5, 0.6) is 11.5 Å². The van der Waals surface area contributed by atoms with Crippen LogP contribution >= 0.6 is 47.0 Å². The minimum absolute atomic E-state index is 0.257. The number of aryl methyl sites for hydroxylation is 2. The second-order valence-electron chi connectivity index (χ2n) is 15.3. The molecule has 0 amide bonds.